The molecule has 0 aliphatic carbocycles. The van der Waals surface area contributed by atoms with Gasteiger partial charge in [-0.15, -0.1) is 0 Å². The van der Waals surface area contributed by atoms with Gasteiger partial charge < -0.3 is 10.5 Å². The summed E-state index contributed by atoms with van der Waals surface area (Å²) in [6.07, 6.45) is 2.88. The number of aromatic nitrogens is 1. The van der Waals surface area contributed by atoms with Gasteiger partial charge in [-0.25, -0.2) is 9.37 Å². The van der Waals surface area contributed by atoms with Gasteiger partial charge in [-0.1, -0.05) is 28.9 Å². The fraction of sp³-hybridized carbons (Fsp3) is 0.267. The Kier molecular flexibility index (Phi) is 5.25. The van der Waals surface area contributed by atoms with Crippen LogP contribution in [0.4, 0.5) is 8.78 Å². The molecule has 2 rings (SSSR count). The van der Waals surface area contributed by atoms with E-state index in [1.165, 1.54) is 12.3 Å². The zero-order valence-corrected chi connectivity index (χ0v) is 13.0. The number of nitrogens with zero attached hydrogens (tertiary/aromatic N) is 1. The van der Waals surface area contributed by atoms with Gasteiger partial charge in [-0.3, -0.25) is 0 Å². The second-order valence-electron chi connectivity index (χ2n) is 4.64. The highest BCUT2D eigenvalue weighted by atomic mass is 79.9. The van der Waals surface area contributed by atoms with E-state index in [1.54, 1.807) is 6.07 Å². The number of nitrogens with two attached hydrogens (primary N) is 1. The summed E-state index contributed by atoms with van der Waals surface area (Å²) in [5, 5.41) is 0. The second kappa shape index (κ2) is 6.95. The third-order valence-corrected chi connectivity index (χ3v) is 3.48. The highest BCUT2D eigenvalue weighted by Gasteiger charge is 2.15. The predicted molar refractivity (Wildman–Crippen MR) is 80.3 cm³/mol. The Hall–Kier alpha value is -1.53. The van der Waals surface area contributed by atoms with Crippen LogP contribution in [0.5, 0.6) is 11.6 Å². The van der Waals surface area contributed by atoms with E-state index in [0.717, 1.165) is 18.1 Å². The number of pyridine rings is 1. The van der Waals surface area contributed by atoms with Gasteiger partial charge in [-0.05, 0) is 31.0 Å². The zero-order chi connectivity index (χ0) is 15.4. The smallest absolute Gasteiger partial charge is 0.222 e. The van der Waals surface area contributed by atoms with Crippen molar-refractivity contribution in [2.75, 3.05) is 0 Å². The van der Waals surface area contributed by atoms with Crippen molar-refractivity contribution in [1.82, 2.24) is 4.98 Å². The van der Waals surface area contributed by atoms with Gasteiger partial charge >= 0.3 is 0 Å². The molecular weight excluding hydrogens is 342 g/mol. The third-order valence-electron chi connectivity index (χ3n) is 3.02. The molecule has 3 nitrogen and oxygen atoms in total. The summed E-state index contributed by atoms with van der Waals surface area (Å²) >= 11 is 3.10. The molecule has 2 N–H and O–H groups in total. The molecule has 1 unspecified atom stereocenters. The van der Waals surface area contributed by atoms with Crippen molar-refractivity contribution in [3.05, 3.63) is 52.1 Å². The molecule has 1 heterocycles. The number of benzene rings is 1. The summed E-state index contributed by atoms with van der Waals surface area (Å²) in [7, 11) is 0. The molecule has 6 heteroatoms. The van der Waals surface area contributed by atoms with Crippen LogP contribution in [0.2, 0.25) is 0 Å². The lowest BCUT2D eigenvalue weighted by molar-refractivity contribution is 0.400. The van der Waals surface area contributed by atoms with Crippen LogP contribution in [-0.4, -0.2) is 11.0 Å². The number of halogens is 3. The average molecular weight is 357 g/mol. The van der Waals surface area contributed by atoms with Gasteiger partial charge in [0.15, 0.2) is 11.6 Å². The fourth-order valence-corrected chi connectivity index (χ4v) is 2.22. The molecule has 21 heavy (non-hydrogen) atoms. The normalized spacial score (nSPS) is 12.2. The van der Waals surface area contributed by atoms with E-state index >= 15 is 0 Å². The average Bonchev–Trinajstić information content (AvgIpc) is 2.46. The molecule has 112 valence electrons. The molecule has 0 aliphatic heterocycles. The maximum atomic E-state index is 13.8. The van der Waals surface area contributed by atoms with Gasteiger partial charge in [-0.2, -0.15) is 4.39 Å². The van der Waals surface area contributed by atoms with Crippen molar-refractivity contribution < 1.29 is 13.5 Å². The van der Waals surface area contributed by atoms with E-state index < -0.39 is 11.6 Å². The number of rotatable bonds is 5. The molecule has 1 aromatic carbocycles. The summed E-state index contributed by atoms with van der Waals surface area (Å²) in [4.78, 5) is 4.08. The van der Waals surface area contributed by atoms with E-state index in [1.807, 2.05) is 13.0 Å². The highest BCUT2D eigenvalue weighted by molar-refractivity contribution is 9.10. The molecular formula is C15H15BrF2N2O. The van der Waals surface area contributed by atoms with Crippen LogP contribution in [0.1, 0.15) is 18.9 Å². The molecule has 0 saturated carbocycles. The number of ether oxygens (including phenoxy) is 1. The Balaban J connectivity index is 2.32. The van der Waals surface area contributed by atoms with Crippen molar-refractivity contribution in [2.45, 2.75) is 25.8 Å². The molecule has 1 atom stereocenters. The van der Waals surface area contributed by atoms with Crippen molar-refractivity contribution in [2.24, 2.45) is 5.73 Å². The molecule has 1 aromatic heterocycles. The lowest BCUT2D eigenvalue weighted by Gasteiger charge is -2.13. The summed E-state index contributed by atoms with van der Waals surface area (Å²) in [6, 6.07) is 5.91. The molecule has 0 saturated heterocycles. The van der Waals surface area contributed by atoms with Gasteiger partial charge in [0.2, 0.25) is 11.7 Å². The highest BCUT2D eigenvalue weighted by Crippen LogP contribution is 2.30. The van der Waals surface area contributed by atoms with Crippen LogP contribution in [0.25, 0.3) is 0 Å². The van der Waals surface area contributed by atoms with Crippen LogP contribution in [0.15, 0.2) is 34.9 Å². The molecule has 0 spiro atoms. The molecule has 0 bridgehead atoms. The van der Waals surface area contributed by atoms with Crippen LogP contribution < -0.4 is 10.5 Å². The van der Waals surface area contributed by atoms with Crippen molar-refractivity contribution >= 4 is 15.9 Å². The number of hydrogen-bond donors (Lipinski definition) is 1. The Labute approximate surface area is 130 Å². The summed E-state index contributed by atoms with van der Waals surface area (Å²) < 4.78 is 33.0. The van der Waals surface area contributed by atoms with Gasteiger partial charge in [0.1, 0.15) is 0 Å². The topological polar surface area (TPSA) is 48.1 Å². The van der Waals surface area contributed by atoms with Gasteiger partial charge in [0, 0.05) is 22.3 Å². The quantitative estimate of drug-likeness (QED) is 0.817. The maximum Gasteiger partial charge on any atom is 0.222 e. The third kappa shape index (κ3) is 3.98. The first kappa shape index (κ1) is 15.9. The van der Waals surface area contributed by atoms with Crippen LogP contribution in [0.3, 0.4) is 0 Å². The summed E-state index contributed by atoms with van der Waals surface area (Å²) in [5.74, 6) is -2.01. The molecule has 2 aromatic rings. The van der Waals surface area contributed by atoms with E-state index in [4.69, 9.17) is 10.5 Å². The van der Waals surface area contributed by atoms with Crippen molar-refractivity contribution in [3.8, 4) is 11.6 Å². The molecule has 0 aliphatic rings. The van der Waals surface area contributed by atoms with E-state index in [2.05, 4.69) is 20.9 Å². The zero-order valence-electron chi connectivity index (χ0n) is 11.4. The SMILES string of the molecule is CCC(N)Cc1cccnc1Oc1cc(Br)cc(F)c1F. The van der Waals surface area contributed by atoms with Gasteiger partial charge in [0.05, 0.1) is 0 Å². The standard InChI is InChI=1S/C15H15BrF2N2O/c1-2-11(19)6-9-4-3-5-20-15(9)21-13-8-10(16)7-12(17)14(13)18/h3-5,7-8,11H,2,6,19H2,1H3. The second-order valence-corrected chi connectivity index (χ2v) is 5.56. The van der Waals surface area contributed by atoms with Crippen LogP contribution in [0, 0.1) is 11.6 Å². The first-order valence-corrected chi connectivity index (χ1v) is 7.32. The Morgan fingerprint density at radius 3 is 2.86 bits per heavy atom. The Morgan fingerprint density at radius 1 is 1.38 bits per heavy atom. The van der Waals surface area contributed by atoms with Crippen molar-refractivity contribution in [1.29, 1.82) is 0 Å². The minimum Gasteiger partial charge on any atom is -0.436 e. The predicted octanol–water partition coefficient (Wildman–Crippen LogP) is 4.19. The molecule has 0 fully saturated rings. The Morgan fingerprint density at radius 2 is 2.14 bits per heavy atom. The first-order valence-electron chi connectivity index (χ1n) is 6.53. The Bertz CT molecular complexity index is 637. The summed E-state index contributed by atoms with van der Waals surface area (Å²) in [5.41, 5.74) is 6.68. The monoisotopic (exact) mass is 356 g/mol. The number of hydrogen-bond acceptors (Lipinski definition) is 3. The summed E-state index contributed by atoms with van der Waals surface area (Å²) in [6.45, 7) is 1.98. The van der Waals surface area contributed by atoms with Crippen LogP contribution in [-0.2, 0) is 6.42 Å². The van der Waals surface area contributed by atoms with Gasteiger partial charge in [0.25, 0.3) is 0 Å². The van der Waals surface area contributed by atoms with Crippen LogP contribution >= 0.6 is 15.9 Å². The lowest BCUT2D eigenvalue weighted by atomic mass is 10.1. The fourth-order valence-electron chi connectivity index (χ4n) is 1.81. The lowest BCUT2D eigenvalue weighted by Crippen LogP contribution is -2.21. The minimum atomic E-state index is -1.05. The molecule has 0 amide bonds. The first-order chi connectivity index (χ1) is 10.0. The van der Waals surface area contributed by atoms with E-state index in [-0.39, 0.29) is 17.7 Å². The van der Waals surface area contributed by atoms with Crippen molar-refractivity contribution in [3.63, 3.8) is 0 Å². The minimum absolute atomic E-state index is 0.0411. The maximum absolute atomic E-state index is 13.8. The largest absolute Gasteiger partial charge is 0.436 e. The molecule has 0 radical (unpaired) electrons. The van der Waals surface area contributed by atoms with E-state index in [9.17, 15) is 8.78 Å². The van der Waals surface area contributed by atoms with E-state index in [0.29, 0.717) is 10.9 Å².